The van der Waals surface area contributed by atoms with E-state index >= 15 is 0 Å². The summed E-state index contributed by atoms with van der Waals surface area (Å²) in [5.41, 5.74) is 24.4. The summed E-state index contributed by atoms with van der Waals surface area (Å²) in [5.74, 6) is 1.69. The Balaban J connectivity index is 0.000000119. The summed E-state index contributed by atoms with van der Waals surface area (Å²) in [6.07, 6.45) is 0. The molecule has 0 amide bonds. The fraction of sp³-hybridized carbons (Fsp3) is 0.0968. The van der Waals surface area contributed by atoms with Gasteiger partial charge in [-0.15, -0.1) is 34.0 Å². The maximum absolute atomic E-state index is 2.34. The van der Waals surface area contributed by atoms with Crippen molar-refractivity contribution in [3.05, 3.63) is 338 Å². The summed E-state index contributed by atoms with van der Waals surface area (Å²) in [6, 6.07) is 118. The summed E-state index contributed by atoms with van der Waals surface area (Å²) in [5, 5.41) is 8.10. The molecule has 464 valence electrons. The van der Waals surface area contributed by atoms with Crippen molar-refractivity contribution in [1.82, 2.24) is 0 Å². The third-order valence-electron chi connectivity index (χ3n) is 19.0. The molecule has 0 fully saturated rings. The quantitative estimate of drug-likeness (QED) is 0.121. The van der Waals surface area contributed by atoms with Gasteiger partial charge in [-0.1, -0.05) is 327 Å². The maximum Gasteiger partial charge on any atom is 0.0433 e. The summed E-state index contributed by atoms with van der Waals surface area (Å²) in [6.45, 7) is 13.4. The fourth-order valence-corrected chi connectivity index (χ4v) is 16.7. The Kier molecular flexibility index (Phi) is 17.6. The Hall–Kier alpha value is -10.3. The van der Waals surface area contributed by atoms with Crippen LogP contribution in [0, 0.1) is 0 Å². The van der Waals surface area contributed by atoms with Crippen molar-refractivity contribution in [2.24, 2.45) is 0 Å². The highest BCUT2D eigenvalue weighted by molar-refractivity contribution is 7.26. The van der Waals surface area contributed by atoms with Crippen molar-refractivity contribution in [2.45, 2.75) is 59.3 Å². The monoisotopic (exact) mass is 1290 g/mol. The van der Waals surface area contributed by atoms with Gasteiger partial charge in [-0.3, -0.25) is 0 Å². The predicted molar refractivity (Wildman–Crippen MR) is 424 cm³/mol. The highest BCUT2D eigenvalue weighted by atomic mass is 32.1. The summed E-state index contributed by atoms with van der Waals surface area (Å²) < 4.78 is 8.12. The van der Waals surface area contributed by atoms with Crippen LogP contribution >= 0.6 is 34.0 Å². The Bertz CT molecular complexity index is 5520. The number of benzene rings is 14. The summed E-state index contributed by atoms with van der Waals surface area (Å²) in [7, 11) is 0. The van der Waals surface area contributed by atoms with E-state index in [2.05, 4.69) is 363 Å². The molecule has 0 N–H and O–H groups in total. The highest BCUT2D eigenvalue weighted by Crippen LogP contribution is 2.42. The number of hydrogen-bond acceptors (Lipinski definition) is 3. The molecule has 0 saturated heterocycles. The second kappa shape index (κ2) is 27.2. The molecule has 3 heteroatoms. The SMILES string of the molecule is CC(C)c1ccc(-c2ccc(-c3ccc(-c4ccc5sc6ccccc6c5c4)cc3)cc2)cc1.CC(C)c1ccc(-c2ccc(-c3ccc(-c4cccc5c4sc4ccccc45)cc3)cc2)cc1.CC(C)c1ccc(-c2ccc(-c3ccc4c(c3)sc3ccccc34)cc2)cc1. The van der Waals surface area contributed by atoms with Gasteiger partial charge in [0.2, 0.25) is 0 Å². The molecule has 0 nitrogen and oxygen atoms in total. The lowest BCUT2D eigenvalue weighted by molar-refractivity contribution is 0.867. The lowest BCUT2D eigenvalue weighted by Crippen LogP contribution is -1.87. The lowest BCUT2D eigenvalue weighted by atomic mass is 9.96. The second-order valence-electron chi connectivity index (χ2n) is 26.1. The molecule has 0 saturated carbocycles. The van der Waals surface area contributed by atoms with Gasteiger partial charge in [0.15, 0.2) is 0 Å². The van der Waals surface area contributed by atoms with E-state index in [0.29, 0.717) is 17.8 Å². The molecule has 0 aliphatic rings. The normalized spacial score (nSPS) is 11.5. The molecule has 0 atom stereocenters. The van der Waals surface area contributed by atoms with E-state index in [1.54, 1.807) is 0 Å². The smallest absolute Gasteiger partial charge is 0.0433 e. The van der Waals surface area contributed by atoms with E-state index in [9.17, 15) is 0 Å². The van der Waals surface area contributed by atoms with E-state index in [1.165, 1.54) is 166 Å². The fourth-order valence-electron chi connectivity index (χ4n) is 13.2. The molecular formula is C93H74S3. The molecule has 0 aliphatic heterocycles. The molecule has 17 rings (SSSR count). The van der Waals surface area contributed by atoms with Gasteiger partial charge in [-0.05, 0) is 160 Å². The number of thiophene rings is 3. The standard InChI is InChI=1S/2C33H26S.C27H22S/c1-22(2)23-10-12-24(13-11-23)25-14-16-26(17-15-25)27-18-20-28(21-19-27)29-7-5-8-31-30-6-3-4-9-32(30)34-33(29)31;1-22(2)23-7-9-24(10-8-23)25-11-13-26(14-12-25)27-15-17-28(18-16-27)29-19-20-33-31(21-29)30-5-3-4-6-32(30)34-33;1-18(2)19-7-9-20(10-8-19)21-11-13-22(14-12-21)23-15-16-25-24-5-3-4-6-26(24)28-27(25)17-23/h2*3-22H,1-2H3;3-18H,1-2H3. The Morgan fingerprint density at radius 3 is 0.833 bits per heavy atom. The van der Waals surface area contributed by atoms with Gasteiger partial charge in [0, 0.05) is 60.5 Å². The molecule has 17 aromatic rings. The molecule has 0 bridgehead atoms. The second-order valence-corrected chi connectivity index (χ2v) is 29.3. The van der Waals surface area contributed by atoms with Gasteiger partial charge in [0.05, 0.1) is 0 Å². The minimum atomic E-state index is 0.560. The molecular weight excluding hydrogens is 1210 g/mol. The van der Waals surface area contributed by atoms with Crippen LogP contribution in [0.2, 0.25) is 0 Å². The Morgan fingerprint density at radius 1 is 0.177 bits per heavy atom. The van der Waals surface area contributed by atoms with Gasteiger partial charge in [-0.25, -0.2) is 0 Å². The Morgan fingerprint density at radius 2 is 0.438 bits per heavy atom. The third-order valence-corrected chi connectivity index (χ3v) is 22.5. The van der Waals surface area contributed by atoms with Crippen molar-refractivity contribution in [2.75, 3.05) is 0 Å². The topological polar surface area (TPSA) is 0 Å². The highest BCUT2D eigenvalue weighted by Gasteiger charge is 2.14. The molecule has 14 aromatic carbocycles. The van der Waals surface area contributed by atoms with Gasteiger partial charge in [0.25, 0.3) is 0 Å². The summed E-state index contributed by atoms with van der Waals surface area (Å²) >= 11 is 5.63. The molecule has 0 spiro atoms. The van der Waals surface area contributed by atoms with Crippen LogP contribution in [0.15, 0.2) is 322 Å². The van der Waals surface area contributed by atoms with Crippen LogP contribution < -0.4 is 0 Å². The van der Waals surface area contributed by atoms with Crippen molar-refractivity contribution in [3.8, 4) is 89.0 Å². The van der Waals surface area contributed by atoms with Crippen molar-refractivity contribution in [1.29, 1.82) is 0 Å². The number of hydrogen-bond donors (Lipinski definition) is 0. The summed E-state index contributed by atoms with van der Waals surface area (Å²) in [4.78, 5) is 0. The van der Waals surface area contributed by atoms with Gasteiger partial charge >= 0.3 is 0 Å². The van der Waals surface area contributed by atoms with Crippen LogP contribution in [0.5, 0.6) is 0 Å². The van der Waals surface area contributed by atoms with E-state index < -0.39 is 0 Å². The van der Waals surface area contributed by atoms with Gasteiger partial charge in [-0.2, -0.15) is 0 Å². The molecule has 96 heavy (non-hydrogen) atoms. The zero-order valence-electron chi connectivity index (χ0n) is 55.1. The van der Waals surface area contributed by atoms with E-state index in [-0.39, 0.29) is 0 Å². The first-order chi connectivity index (χ1) is 47.0. The van der Waals surface area contributed by atoms with E-state index in [0.717, 1.165) is 0 Å². The average Bonchev–Trinajstić information content (AvgIpc) is 1.65. The van der Waals surface area contributed by atoms with Crippen molar-refractivity contribution < 1.29 is 0 Å². The number of rotatable bonds is 11. The minimum absolute atomic E-state index is 0.560. The van der Waals surface area contributed by atoms with Crippen LogP contribution in [-0.4, -0.2) is 0 Å². The first-order valence-electron chi connectivity index (χ1n) is 33.6. The minimum Gasteiger partial charge on any atom is -0.135 e. The van der Waals surface area contributed by atoms with Crippen molar-refractivity contribution >= 4 is 94.5 Å². The molecule has 0 aliphatic carbocycles. The first-order valence-corrected chi connectivity index (χ1v) is 36.0. The first kappa shape index (κ1) is 61.9. The van der Waals surface area contributed by atoms with E-state index in [4.69, 9.17) is 0 Å². The lowest BCUT2D eigenvalue weighted by Gasteiger charge is -2.09. The maximum atomic E-state index is 2.34. The molecule has 0 radical (unpaired) electrons. The Labute approximate surface area is 576 Å². The molecule has 3 aromatic heterocycles. The third kappa shape index (κ3) is 12.9. The van der Waals surface area contributed by atoms with Crippen LogP contribution in [0.25, 0.3) is 150 Å². The van der Waals surface area contributed by atoms with Gasteiger partial charge in [0.1, 0.15) is 0 Å². The van der Waals surface area contributed by atoms with Crippen LogP contribution in [-0.2, 0) is 0 Å². The largest absolute Gasteiger partial charge is 0.135 e. The van der Waals surface area contributed by atoms with Gasteiger partial charge < -0.3 is 0 Å². The molecule has 3 heterocycles. The molecule has 0 unspecified atom stereocenters. The van der Waals surface area contributed by atoms with Crippen molar-refractivity contribution in [3.63, 3.8) is 0 Å². The zero-order valence-corrected chi connectivity index (χ0v) is 57.5. The predicted octanol–water partition coefficient (Wildman–Crippen LogP) is 28.9. The van der Waals surface area contributed by atoms with Crippen LogP contribution in [0.3, 0.4) is 0 Å². The zero-order chi connectivity index (χ0) is 65.2. The number of fused-ring (bicyclic) bond motifs is 9. The average molecular weight is 1290 g/mol. The van der Waals surface area contributed by atoms with Crippen LogP contribution in [0.4, 0.5) is 0 Å². The van der Waals surface area contributed by atoms with E-state index in [1.807, 2.05) is 34.0 Å². The van der Waals surface area contributed by atoms with Crippen LogP contribution in [0.1, 0.15) is 76.0 Å².